The summed E-state index contributed by atoms with van der Waals surface area (Å²) in [6.07, 6.45) is 4.38. The van der Waals surface area contributed by atoms with Gasteiger partial charge in [-0.2, -0.15) is 0 Å². The van der Waals surface area contributed by atoms with Crippen LogP contribution in [-0.4, -0.2) is 63.0 Å². The van der Waals surface area contributed by atoms with E-state index in [1.54, 1.807) is 12.4 Å². The number of oxime groups is 1. The molecule has 110 valence electrons. The van der Waals surface area contributed by atoms with Crippen molar-refractivity contribution in [2.45, 2.75) is 25.9 Å². The molecule has 0 radical (unpaired) electrons. The first-order valence-corrected chi connectivity index (χ1v) is 6.94. The Labute approximate surface area is 119 Å². The molecule has 0 spiro atoms. The third-order valence-corrected chi connectivity index (χ3v) is 3.68. The first kappa shape index (κ1) is 14.7. The quantitative estimate of drug-likeness (QED) is 0.344. The third kappa shape index (κ3) is 3.64. The van der Waals surface area contributed by atoms with Gasteiger partial charge in [0.25, 0.3) is 0 Å². The summed E-state index contributed by atoms with van der Waals surface area (Å²) in [6, 6.07) is 1.85. The lowest BCUT2D eigenvalue weighted by atomic mass is 10.1. The fraction of sp³-hybridized carbons (Fsp3) is 0.615. The van der Waals surface area contributed by atoms with E-state index >= 15 is 0 Å². The number of amidine groups is 1. The Bertz CT molecular complexity index is 430. The van der Waals surface area contributed by atoms with E-state index in [2.05, 4.69) is 24.9 Å². The lowest BCUT2D eigenvalue weighted by Gasteiger charge is -2.38. The highest BCUT2D eigenvalue weighted by atomic mass is 16.4. The maximum absolute atomic E-state index is 8.82. The van der Waals surface area contributed by atoms with Gasteiger partial charge in [-0.25, -0.2) is 9.97 Å². The molecule has 0 aliphatic carbocycles. The van der Waals surface area contributed by atoms with E-state index in [0.29, 0.717) is 5.84 Å². The van der Waals surface area contributed by atoms with E-state index in [1.807, 2.05) is 13.0 Å². The molecule has 7 nitrogen and oxygen atoms in total. The van der Waals surface area contributed by atoms with Crippen LogP contribution in [0.3, 0.4) is 0 Å². The minimum atomic E-state index is 0.0233. The van der Waals surface area contributed by atoms with Gasteiger partial charge < -0.3 is 10.9 Å². The number of piperazine rings is 1. The molecule has 2 heterocycles. The average Bonchev–Trinajstić information content (AvgIpc) is 2.50. The number of nitrogens with zero attached hydrogens (tertiary/aromatic N) is 5. The van der Waals surface area contributed by atoms with Gasteiger partial charge in [0.15, 0.2) is 5.84 Å². The predicted octanol–water partition coefficient (Wildman–Crippen LogP) is 0.119. The van der Waals surface area contributed by atoms with E-state index in [1.165, 1.54) is 0 Å². The highest BCUT2D eigenvalue weighted by Crippen LogP contribution is 2.11. The first-order valence-electron chi connectivity index (χ1n) is 6.94. The van der Waals surface area contributed by atoms with Crippen molar-refractivity contribution in [3.8, 4) is 0 Å². The molecular formula is C13H22N6O. The number of nitrogens with two attached hydrogens (primary N) is 1. The summed E-state index contributed by atoms with van der Waals surface area (Å²) in [4.78, 5) is 13.1. The van der Waals surface area contributed by atoms with Crippen LogP contribution >= 0.6 is 0 Å². The highest BCUT2D eigenvalue weighted by Gasteiger charge is 2.25. The van der Waals surface area contributed by atoms with Gasteiger partial charge in [-0.1, -0.05) is 12.1 Å². The van der Waals surface area contributed by atoms with Crippen LogP contribution in [0.5, 0.6) is 0 Å². The van der Waals surface area contributed by atoms with Crippen LogP contribution in [0.15, 0.2) is 23.6 Å². The standard InChI is InChI=1S/C13H22N6O/c1-2-11(13(14)17-20)19-8-6-18(7-9-19)10-12-15-4-3-5-16-12/h3-5,11,20H,2,6-10H2,1H3,(H2,14,17). The topological polar surface area (TPSA) is 90.9 Å². The number of aromatic nitrogens is 2. The molecule has 1 saturated heterocycles. The maximum atomic E-state index is 8.82. The summed E-state index contributed by atoms with van der Waals surface area (Å²) in [5.41, 5.74) is 5.74. The van der Waals surface area contributed by atoms with Crippen molar-refractivity contribution in [1.82, 2.24) is 19.8 Å². The Morgan fingerprint density at radius 1 is 1.35 bits per heavy atom. The van der Waals surface area contributed by atoms with Crippen LogP contribution in [0.25, 0.3) is 0 Å². The van der Waals surface area contributed by atoms with Gasteiger partial charge in [0.2, 0.25) is 0 Å². The zero-order valence-electron chi connectivity index (χ0n) is 11.8. The minimum Gasteiger partial charge on any atom is -0.409 e. The van der Waals surface area contributed by atoms with E-state index in [0.717, 1.165) is 45.0 Å². The zero-order chi connectivity index (χ0) is 14.4. The molecule has 1 aliphatic rings. The molecule has 7 heteroatoms. The van der Waals surface area contributed by atoms with Crippen LogP contribution in [0.2, 0.25) is 0 Å². The smallest absolute Gasteiger partial charge is 0.156 e. The van der Waals surface area contributed by atoms with Gasteiger partial charge in [-0.3, -0.25) is 9.80 Å². The molecule has 0 bridgehead atoms. The molecule has 1 atom stereocenters. The number of hydrogen-bond acceptors (Lipinski definition) is 6. The number of rotatable bonds is 5. The molecule has 0 amide bonds. The fourth-order valence-corrected chi connectivity index (χ4v) is 2.57. The summed E-state index contributed by atoms with van der Waals surface area (Å²) >= 11 is 0. The molecule has 1 unspecified atom stereocenters. The lowest BCUT2D eigenvalue weighted by molar-refractivity contribution is 0.108. The second-order valence-electron chi connectivity index (χ2n) is 4.93. The molecule has 3 N–H and O–H groups in total. The van der Waals surface area contributed by atoms with Gasteiger partial charge in [0.1, 0.15) is 5.82 Å². The van der Waals surface area contributed by atoms with Crippen molar-refractivity contribution < 1.29 is 5.21 Å². The Hall–Kier alpha value is -1.73. The second-order valence-corrected chi connectivity index (χ2v) is 4.93. The van der Waals surface area contributed by atoms with Gasteiger partial charge in [0, 0.05) is 38.6 Å². The van der Waals surface area contributed by atoms with Crippen LogP contribution in [0.1, 0.15) is 19.2 Å². The largest absolute Gasteiger partial charge is 0.409 e. The lowest BCUT2D eigenvalue weighted by Crippen LogP contribution is -2.53. The van der Waals surface area contributed by atoms with Crippen LogP contribution in [0.4, 0.5) is 0 Å². The van der Waals surface area contributed by atoms with Crippen molar-refractivity contribution >= 4 is 5.84 Å². The molecule has 20 heavy (non-hydrogen) atoms. The van der Waals surface area contributed by atoms with Crippen LogP contribution < -0.4 is 5.73 Å². The summed E-state index contributed by atoms with van der Waals surface area (Å²) in [5.74, 6) is 1.15. The number of hydrogen-bond donors (Lipinski definition) is 2. The van der Waals surface area contributed by atoms with Crippen molar-refractivity contribution in [2.24, 2.45) is 10.9 Å². The summed E-state index contributed by atoms with van der Waals surface area (Å²) in [6.45, 7) is 6.51. The minimum absolute atomic E-state index is 0.0233. The molecule has 1 fully saturated rings. The predicted molar refractivity (Wildman–Crippen MR) is 76.4 cm³/mol. The maximum Gasteiger partial charge on any atom is 0.156 e. The third-order valence-electron chi connectivity index (χ3n) is 3.68. The summed E-state index contributed by atoms with van der Waals surface area (Å²) in [5, 5.41) is 12.0. The molecule has 0 aromatic carbocycles. The van der Waals surface area contributed by atoms with E-state index < -0.39 is 0 Å². The van der Waals surface area contributed by atoms with Gasteiger partial charge in [0.05, 0.1) is 12.6 Å². The van der Waals surface area contributed by atoms with E-state index in [9.17, 15) is 0 Å². The molecule has 1 aromatic rings. The first-order chi connectivity index (χ1) is 9.74. The van der Waals surface area contributed by atoms with Gasteiger partial charge >= 0.3 is 0 Å². The van der Waals surface area contributed by atoms with Crippen LogP contribution in [0, 0.1) is 0 Å². The monoisotopic (exact) mass is 278 g/mol. The SMILES string of the molecule is CCC(C(N)=NO)N1CCN(Cc2ncccn2)CC1. The highest BCUT2D eigenvalue weighted by molar-refractivity contribution is 5.85. The van der Waals surface area contributed by atoms with Gasteiger partial charge in [-0.15, -0.1) is 0 Å². The molecule has 0 saturated carbocycles. The normalized spacial score (nSPS) is 19.9. The summed E-state index contributed by atoms with van der Waals surface area (Å²) in [7, 11) is 0. The average molecular weight is 278 g/mol. The van der Waals surface area contributed by atoms with Crippen molar-refractivity contribution in [3.63, 3.8) is 0 Å². The Kier molecular flexibility index (Phi) is 5.25. The zero-order valence-corrected chi connectivity index (χ0v) is 11.8. The van der Waals surface area contributed by atoms with Crippen molar-refractivity contribution in [1.29, 1.82) is 0 Å². The van der Waals surface area contributed by atoms with Crippen molar-refractivity contribution in [3.05, 3.63) is 24.3 Å². The van der Waals surface area contributed by atoms with E-state index in [-0.39, 0.29) is 6.04 Å². The molecular weight excluding hydrogens is 256 g/mol. The second kappa shape index (κ2) is 7.16. The molecule has 2 rings (SSSR count). The Morgan fingerprint density at radius 2 is 2.00 bits per heavy atom. The molecule has 1 aliphatic heterocycles. The summed E-state index contributed by atoms with van der Waals surface area (Å²) < 4.78 is 0. The molecule has 1 aromatic heterocycles. The fourth-order valence-electron chi connectivity index (χ4n) is 2.57. The van der Waals surface area contributed by atoms with Crippen molar-refractivity contribution in [2.75, 3.05) is 26.2 Å². The van der Waals surface area contributed by atoms with Crippen LogP contribution in [-0.2, 0) is 6.54 Å². The Morgan fingerprint density at radius 3 is 2.55 bits per heavy atom. The Balaban J connectivity index is 1.86. The van der Waals surface area contributed by atoms with Gasteiger partial charge in [-0.05, 0) is 12.5 Å². The van der Waals surface area contributed by atoms with E-state index in [4.69, 9.17) is 10.9 Å².